The summed E-state index contributed by atoms with van der Waals surface area (Å²) in [7, 11) is 0.715. The van der Waals surface area contributed by atoms with Crippen molar-refractivity contribution < 1.29 is 29.2 Å². The molecular formula is C19H25BN2O6. The summed E-state index contributed by atoms with van der Waals surface area (Å²) in [4.78, 5) is 25.6. The van der Waals surface area contributed by atoms with Crippen molar-refractivity contribution >= 4 is 19.0 Å². The zero-order chi connectivity index (χ0) is 20.1. The first kappa shape index (κ1) is 20.3. The number of hydrogen-bond acceptors (Lipinski definition) is 6. The number of aryl methyl sites for hydroxylation is 1. The topological polar surface area (TPSA) is 116 Å². The fourth-order valence-corrected chi connectivity index (χ4v) is 3.67. The molecule has 0 aromatic heterocycles. The maximum absolute atomic E-state index is 12.3. The van der Waals surface area contributed by atoms with Crippen molar-refractivity contribution in [3.63, 3.8) is 0 Å². The summed E-state index contributed by atoms with van der Waals surface area (Å²) in [6, 6.07) is 3.30. The second-order valence-corrected chi connectivity index (χ2v) is 7.35. The average molecular weight is 388 g/mol. The van der Waals surface area contributed by atoms with Gasteiger partial charge >= 0.3 is 126 Å². The summed E-state index contributed by atoms with van der Waals surface area (Å²) in [5, 5.41) is 23.0. The standard InChI is InChI=1S/C19H25BN2O6/c23-16(9-13-3-1-2-8-21-13)22-10-14(11-22)28-15-5-4-12(6-7-20-27)18(24)17(15)19(25)26/h4-5,13-14,21,24H,1-3,6-11H2,(H,25,26). The number of nitrogens with zero attached hydrogens (tertiary/aromatic N) is 1. The second kappa shape index (κ2) is 9.19. The predicted octanol–water partition coefficient (Wildman–Crippen LogP) is 1.22. The first-order valence-corrected chi connectivity index (χ1v) is 9.69. The Morgan fingerprint density at radius 2 is 2.07 bits per heavy atom. The number of piperidine rings is 1. The molecule has 2 heterocycles. The Balaban J connectivity index is 1.57. The van der Waals surface area contributed by atoms with Crippen LogP contribution >= 0.6 is 0 Å². The summed E-state index contributed by atoms with van der Waals surface area (Å²) in [5.74, 6) is -1.52. The van der Waals surface area contributed by atoms with Crippen LogP contribution in [0.1, 0.15) is 41.6 Å². The van der Waals surface area contributed by atoms with Crippen molar-refractivity contribution in [2.75, 3.05) is 19.6 Å². The van der Waals surface area contributed by atoms with Crippen LogP contribution < -0.4 is 10.1 Å². The number of rotatable bonds is 8. The molecule has 2 fully saturated rings. The zero-order valence-electron chi connectivity index (χ0n) is 15.7. The van der Waals surface area contributed by atoms with Crippen LogP contribution in [0.4, 0.5) is 0 Å². The van der Waals surface area contributed by atoms with Gasteiger partial charge in [-0.3, -0.25) is 0 Å². The number of aromatic hydroxyl groups is 1. The second-order valence-electron chi connectivity index (χ2n) is 7.35. The third-order valence-corrected chi connectivity index (χ3v) is 5.30. The Morgan fingerprint density at radius 1 is 1.29 bits per heavy atom. The number of carboxylic acids is 1. The van der Waals surface area contributed by atoms with Crippen LogP contribution in [0.25, 0.3) is 0 Å². The van der Waals surface area contributed by atoms with Crippen LogP contribution in [0, 0.1) is 0 Å². The molecule has 1 aromatic rings. The molecule has 3 rings (SSSR count). The third-order valence-electron chi connectivity index (χ3n) is 5.30. The monoisotopic (exact) mass is 388 g/mol. The quantitative estimate of drug-likeness (QED) is 0.574. The number of carbonyl (C=O) groups is 2. The van der Waals surface area contributed by atoms with Crippen molar-refractivity contribution in [1.82, 2.24) is 10.2 Å². The molecule has 0 radical (unpaired) electrons. The van der Waals surface area contributed by atoms with Gasteiger partial charge in [-0.2, -0.15) is 0 Å². The molecule has 3 N–H and O–H groups in total. The van der Waals surface area contributed by atoms with Crippen LogP contribution in [-0.4, -0.2) is 65.9 Å². The number of carbonyl (C=O) groups excluding carboxylic acids is 1. The van der Waals surface area contributed by atoms with Gasteiger partial charge < -0.3 is 5.32 Å². The van der Waals surface area contributed by atoms with E-state index in [1.54, 1.807) is 11.0 Å². The molecular weight excluding hydrogens is 363 g/mol. The van der Waals surface area contributed by atoms with Crippen LogP contribution in [0.3, 0.4) is 0 Å². The van der Waals surface area contributed by atoms with Gasteiger partial charge in [-0.25, -0.2) is 0 Å². The molecule has 2 saturated heterocycles. The van der Waals surface area contributed by atoms with Gasteiger partial charge in [-0.1, -0.05) is 6.42 Å². The summed E-state index contributed by atoms with van der Waals surface area (Å²) < 4.78 is 16.3. The van der Waals surface area contributed by atoms with Gasteiger partial charge in [0.25, 0.3) is 0 Å². The van der Waals surface area contributed by atoms with E-state index < -0.39 is 5.97 Å². The van der Waals surface area contributed by atoms with Crippen molar-refractivity contribution in [3.8, 4) is 11.5 Å². The molecule has 1 atom stereocenters. The van der Waals surface area contributed by atoms with Crippen molar-refractivity contribution in [3.05, 3.63) is 23.3 Å². The number of likely N-dealkylation sites (tertiary alicyclic amines) is 1. The average Bonchev–Trinajstić information content (AvgIpc) is 2.64. The number of aromatic carboxylic acids is 1. The van der Waals surface area contributed by atoms with E-state index in [9.17, 15) is 24.5 Å². The predicted molar refractivity (Wildman–Crippen MR) is 101 cm³/mol. The summed E-state index contributed by atoms with van der Waals surface area (Å²) in [6.07, 6.45) is 3.93. The minimum atomic E-state index is -1.30. The molecule has 0 aliphatic carbocycles. The SMILES string of the molecule is O=BCCc1ccc(OC2CN(C(=O)CC3CCCCN3)C2)c(C(=O)O)c1O. The Bertz CT molecular complexity index is 744. The fraction of sp³-hybridized carbons (Fsp3) is 0.579. The molecule has 8 nitrogen and oxygen atoms in total. The molecule has 28 heavy (non-hydrogen) atoms. The maximum atomic E-state index is 12.3. The Hall–Kier alpha value is -2.42. The van der Waals surface area contributed by atoms with E-state index in [0.717, 1.165) is 25.8 Å². The molecule has 2 aliphatic heterocycles. The summed E-state index contributed by atoms with van der Waals surface area (Å²) in [5.41, 5.74) is 0.0850. The number of hydrogen-bond donors (Lipinski definition) is 3. The summed E-state index contributed by atoms with van der Waals surface area (Å²) in [6.45, 7) is 1.75. The molecule has 1 aromatic carbocycles. The molecule has 0 spiro atoms. The van der Waals surface area contributed by atoms with Gasteiger partial charge in [0.2, 0.25) is 0 Å². The molecule has 9 heteroatoms. The first-order chi connectivity index (χ1) is 13.5. The van der Waals surface area contributed by atoms with Crippen molar-refractivity contribution in [2.24, 2.45) is 0 Å². The molecule has 1 amide bonds. The van der Waals surface area contributed by atoms with Gasteiger partial charge in [-0.15, -0.1) is 0 Å². The number of amides is 1. The van der Waals surface area contributed by atoms with Gasteiger partial charge in [0.1, 0.15) is 0 Å². The van der Waals surface area contributed by atoms with Crippen LogP contribution in [0.5, 0.6) is 11.5 Å². The van der Waals surface area contributed by atoms with Crippen LogP contribution in [0.15, 0.2) is 12.1 Å². The van der Waals surface area contributed by atoms with Crippen LogP contribution in [0.2, 0.25) is 6.32 Å². The van der Waals surface area contributed by atoms with Crippen molar-refractivity contribution in [2.45, 2.75) is 50.6 Å². The Kier molecular flexibility index (Phi) is 6.67. The number of carboxylic acid groups (broad SMARTS) is 1. The number of phenols is 1. The fourth-order valence-electron chi connectivity index (χ4n) is 3.67. The Labute approximate surface area is 164 Å². The van der Waals surface area contributed by atoms with E-state index in [2.05, 4.69) is 5.32 Å². The molecule has 150 valence electrons. The number of ether oxygens (including phenoxy) is 1. The van der Waals surface area contributed by atoms with Gasteiger partial charge in [0.05, 0.1) is 0 Å². The summed E-state index contributed by atoms with van der Waals surface area (Å²) >= 11 is 0. The first-order valence-electron chi connectivity index (χ1n) is 9.69. The van der Waals surface area contributed by atoms with E-state index in [-0.39, 0.29) is 47.9 Å². The minimum absolute atomic E-state index is 0.0739. The van der Waals surface area contributed by atoms with E-state index in [0.29, 0.717) is 32.2 Å². The molecule has 0 saturated carbocycles. The zero-order valence-corrected chi connectivity index (χ0v) is 15.7. The third kappa shape index (κ3) is 4.70. The van der Waals surface area contributed by atoms with E-state index in [1.807, 2.05) is 0 Å². The van der Waals surface area contributed by atoms with Crippen LogP contribution in [-0.2, 0) is 15.9 Å². The van der Waals surface area contributed by atoms with Crippen molar-refractivity contribution in [1.29, 1.82) is 0 Å². The normalized spacial score (nSPS) is 19.6. The van der Waals surface area contributed by atoms with E-state index >= 15 is 0 Å². The number of benzene rings is 1. The van der Waals surface area contributed by atoms with E-state index in [1.165, 1.54) is 6.07 Å². The molecule has 1 unspecified atom stereocenters. The van der Waals surface area contributed by atoms with Gasteiger partial charge in [0.15, 0.2) is 0 Å². The van der Waals surface area contributed by atoms with Gasteiger partial charge in [-0.05, 0) is 19.4 Å². The number of nitrogens with one attached hydrogen (secondary N) is 1. The molecule has 2 aliphatic rings. The van der Waals surface area contributed by atoms with Gasteiger partial charge in [0, 0.05) is 6.04 Å². The molecule has 0 bridgehead atoms. The van der Waals surface area contributed by atoms with E-state index in [4.69, 9.17) is 4.74 Å². The Morgan fingerprint density at radius 3 is 2.71 bits per heavy atom.